The first-order valence-corrected chi connectivity index (χ1v) is 6.50. The first kappa shape index (κ1) is 12.3. The third-order valence-corrected chi connectivity index (χ3v) is 3.60. The van der Waals surface area contributed by atoms with Crippen molar-refractivity contribution in [3.63, 3.8) is 0 Å². The lowest BCUT2D eigenvalue weighted by atomic mass is 10.1. The number of pyridine rings is 1. The van der Waals surface area contributed by atoms with Crippen molar-refractivity contribution in [2.45, 2.75) is 19.5 Å². The molecule has 0 radical (unpaired) electrons. The van der Waals surface area contributed by atoms with Gasteiger partial charge in [-0.25, -0.2) is 4.98 Å². The van der Waals surface area contributed by atoms with Crippen LogP contribution in [0.2, 0.25) is 5.02 Å². The van der Waals surface area contributed by atoms with E-state index in [0.717, 1.165) is 29.8 Å². The standard InChI is InChI=1S/C13H13ClN4O/c14-11-5-15-3-1-9(11)7-18-8-17-12-6-16-4-2-10(12)13(18)19/h1,3,5,8,16H,2,4,6-7H2. The van der Waals surface area contributed by atoms with Crippen molar-refractivity contribution in [1.82, 2.24) is 19.9 Å². The van der Waals surface area contributed by atoms with Gasteiger partial charge in [-0.15, -0.1) is 0 Å². The van der Waals surface area contributed by atoms with Crippen molar-refractivity contribution in [2.75, 3.05) is 6.54 Å². The molecule has 0 amide bonds. The Bertz CT molecular complexity index is 668. The second kappa shape index (κ2) is 5.11. The van der Waals surface area contributed by atoms with E-state index in [4.69, 9.17) is 11.6 Å². The topological polar surface area (TPSA) is 59.8 Å². The minimum absolute atomic E-state index is 0.0272. The van der Waals surface area contributed by atoms with Crippen LogP contribution < -0.4 is 10.9 Å². The highest BCUT2D eigenvalue weighted by Gasteiger charge is 2.15. The summed E-state index contributed by atoms with van der Waals surface area (Å²) in [5, 5.41) is 3.77. The summed E-state index contributed by atoms with van der Waals surface area (Å²) in [4.78, 5) is 20.6. The van der Waals surface area contributed by atoms with Gasteiger partial charge < -0.3 is 5.32 Å². The second-order valence-corrected chi connectivity index (χ2v) is 4.90. The Balaban J connectivity index is 1.98. The lowest BCUT2D eigenvalue weighted by molar-refractivity contribution is 0.596. The molecule has 0 saturated heterocycles. The van der Waals surface area contributed by atoms with Gasteiger partial charge in [-0.2, -0.15) is 0 Å². The Morgan fingerprint density at radius 1 is 1.47 bits per heavy atom. The molecule has 3 heterocycles. The van der Waals surface area contributed by atoms with E-state index in [9.17, 15) is 4.79 Å². The summed E-state index contributed by atoms with van der Waals surface area (Å²) >= 11 is 6.06. The predicted octanol–water partition coefficient (Wildman–Crippen LogP) is 0.986. The van der Waals surface area contributed by atoms with Crippen molar-refractivity contribution < 1.29 is 0 Å². The Labute approximate surface area is 115 Å². The summed E-state index contributed by atoms with van der Waals surface area (Å²) in [6.45, 7) is 1.92. The number of rotatable bonds is 2. The average Bonchev–Trinajstić information content (AvgIpc) is 2.44. The van der Waals surface area contributed by atoms with E-state index < -0.39 is 0 Å². The van der Waals surface area contributed by atoms with Gasteiger partial charge in [0.15, 0.2) is 0 Å². The minimum atomic E-state index is 0.0272. The van der Waals surface area contributed by atoms with Crippen LogP contribution in [0.15, 0.2) is 29.6 Å². The molecule has 2 aromatic heterocycles. The van der Waals surface area contributed by atoms with Crippen molar-refractivity contribution in [2.24, 2.45) is 0 Å². The minimum Gasteiger partial charge on any atom is -0.311 e. The van der Waals surface area contributed by atoms with Crippen LogP contribution in [0, 0.1) is 0 Å². The number of nitrogens with zero attached hydrogens (tertiary/aromatic N) is 3. The average molecular weight is 277 g/mol. The van der Waals surface area contributed by atoms with Gasteiger partial charge in [-0.05, 0) is 24.6 Å². The van der Waals surface area contributed by atoms with Gasteiger partial charge in [0.05, 0.1) is 23.6 Å². The van der Waals surface area contributed by atoms with E-state index >= 15 is 0 Å². The monoisotopic (exact) mass is 276 g/mol. The van der Waals surface area contributed by atoms with Gasteiger partial charge in [0.25, 0.3) is 5.56 Å². The highest BCUT2D eigenvalue weighted by Crippen LogP contribution is 2.14. The zero-order chi connectivity index (χ0) is 13.2. The van der Waals surface area contributed by atoms with E-state index in [2.05, 4.69) is 15.3 Å². The lowest BCUT2D eigenvalue weighted by Crippen LogP contribution is -2.34. The predicted molar refractivity (Wildman–Crippen MR) is 72.3 cm³/mol. The van der Waals surface area contributed by atoms with Crippen LogP contribution in [0.5, 0.6) is 0 Å². The summed E-state index contributed by atoms with van der Waals surface area (Å²) in [6, 6.07) is 1.82. The molecule has 98 valence electrons. The second-order valence-electron chi connectivity index (χ2n) is 4.50. The Hall–Kier alpha value is -1.72. The molecular weight excluding hydrogens is 264 g/mol. The van der Waals surface area contributed by atoms with E-state index in [1.165, 1.54) is 0 Å². The molecule has 0 aliphatic carbocycles. The van der Waals surface area contributed by atoms with Gasteiger partial charge in [-0.3, -0.25) is 14.3 Å². The van der Waals surface area contributed by atoms with Crippen LogP contribution in [0.3, 0.4) is 0 Å². The summed E-state index contributed by atoms with van der Waals surface area (Å²) in [5.74, 6) is 0. The molecule has 6 heteroatoms. The number of hydrogen-bond acceptors (Lipinski definition) is 4. The highest BCUT2D eigenvalue weighted by molar-refractivity contribution is 6.31. The van der Waals surface area contributed by atoms with Crippen LogP contribution in [-0.2, 0) is 19.5 Å². The summed E-state index contributed by atoms with van der Waals surface area (Å²) < 4.78 is 1.60. The molecule has 0 unspecified atom stereocenters. The third kappa shape index (κ3) is 2.39. The quantitative estimate of drug-likeness (QED) is 0.889. The van der Waals surface area contributed by atoms with Crippen LogP contribution >= 0.6 is 11.6 Å². The fourth-order valence-electron chi connectivity index (χ4n) is 2.22. The molecule has 0 aromatic carbocycles. The molecule has 5 nitrogen and oxygen atoms in total. The largest absolute Gasteiger partial charge is 0.311 e. The van der Waals surface area contributed by atoms with E-state index in [1.807, 2.05) is 6.07 Å². The van der Waals surface area contributed by atoms with E-state index in [-0.39, 0.29) is 5.56 Å². The summed E-state index contributed by atoms with van der Waals surface area (Å²) in [7, 11) is 0. The molecule has 0 saturated carbocycles. The van der Waals surface area contributed by atoms with Crippen molar-refractivity contribution in [3.8, 4) is 0 Å². The van der Waals surface area contributed by atoms with E-state index in [1.54, 1.807) is 23.3 Å². The molecule has 19 heavy (non-hydrogen) atoms. The number of halogens is 1. The Morgan fingerprint density at radius 2 is 2.37 bits per heavy atom. The normalized spacial score (nSPS) is 14.2. The first-order chi connectivity index (χ1) is 9.25. The maximum Gasteiger partial charge on any atom is 0.257 e. The molecule has 0 fully saturated rings. The van der Waals surface area contributed by atoms with Gasteiger partial charge in [0.1, 0.15) is 0 Å². The molecule has 0 spiro atoms. The van der Waals surface area contributed by atoms with Crippen LogP contribution in [0.4, 0.5) is 0 Å². The number of aromatic nitrogens is 3. The molecule has 2 aromatic rings. The fraction of sp³-hybridized carbons (Fsp3) is 0.308. The van der Waals surface area contributed by atoms with Crippen molar-refractivity contribution in [3.05, 3.63) is 57.0 Å². The molecule has 1 aliphatic rings. The van der Waals surface area contributed by atoms with Crippen LogP contribution in [-0.4, -0.2) is 21.1 Å². The maximum atomic E-state index is 12.4. The smallest absolute Gasteiger partial charge is 0.257 e. The summed E-state index contributed by atoms with van der Waals surface area (Å²) in [5.41, 5.74) is 2.56. The zero-order valence-corrected chi connectivity index (χ0v) is 11.0. The number of nitrogens with one attached hydrogen (secondary N) is 1. The Morgan fingerprint density at radius 3 is 3.21 bits per heavy atom. The van der Waals surface area contributed by atoms with Gasteiger partial charge in [0, 0.05) is 24.5 Å². The van der Waals surface area contributed by atoms with Gasteiger partial charge in [0.2, 0.25) is 0 Å². The highest BCUT2D eigenvalue weighted by atomic mass is 35.5. The van der Waals surface area contributed by atoms with Crippen LogP contribution in [0.1, 0.15) is 16.8 Å². The molecule has 3 rings (SSSR count). The molecule has 1 aliphatic heterocycles. The van der Waals surface area contributed by atoms with Crippen molar-refractivity contribution >= 4 is 11.6 Å². The Kier molecular flexibility index (Phi) is 3.31. The number of fused-ring (bicyclic) bond motifs is 1. The lowest BCUT2D eigenvalue weighted by Gasteiger charge is -2.17. The first-order valence-electron chi connectivity index (χ1n) is 6.12. The van der Waals surface area contributed by atoms with Crippen LogP contribution in [0.25, 0.3) is 0 Å². The molecular formula is C13H13ClN4O. The molecule has 0 bridgehead atoms. The molecule has 0 atom stereocenters. The van der Waals surface area contributed by atoms with Gasteiger partial charge in [-0.1, -0.05) is 11.6 Å². The van der Waals surface area contributed by atoms with Gasteiger partial charge >= 0.3 is 0 Å². The zero-order valence-electron chi connectivity index (χ0n) is 10.3. The fourth-order valence-corrected chi connectivity index (χ4v) is 2.40. The van der Waals surface area contributed by atoms with E-state index in [0.29, 0.717) is 18.1 Å². The third-order valence-electron chi connectivity index (χ3n) is 3.26. The maximum absolute atomic E-state index is 12.4. The van der Waals surface area contributed by atoms with Crippen molar-refractivity contribution in [1.29, 1.82) is 0 Å². The number of hydrogen-bond donors (Lipinski definition) is 1. The summed E-state index contributed by atoms with van der Waals surface area (Å²) in [6.07, 6.45) is 5.57. The molecule has 1 N–H and O–H groups in total. The SMILES string of the molecule is O=c1c2c(ncn1Cc1ccncc1Cl)CNCC2.